The molecular formula is C3H2O3S3. The van der Waals surface area contributed by atoms with Gasteiger partial charge < -0.3 is 8.92 Å². The normalized spacial score (nSPS) is 22.9. The maximum Gasteiger partial charge on any atom is 0.526 e. The van der Waals surface area contributed by atoms with Gasteiger partial charge in [-0.1, -0.05) is 0 Å². The van der Waals surface area contributed by atoms with Crippen LogP contribution in [0.5, 0.6) is 0 Å². The number of carbonyl (C=O) groups excluding carboxylic acids is 1. The summed E-state index contributed by atoms with van der Waals surface area (Å²) in [5, 5.41) is 1.66. The molecule has 0 saturated heterocycles. The number of cyclic esters (lactones) is 1. The SMILES string of the molecule is O=C1O/C=C\SSSO1. The predicted molar refractivity (Wildman–Crippen MR) is 39.5 cm³/mol. The third kappa shape index (κ3) is 2.92. The molecule has 1 aliphatic rings. The minimum atomic E-state index is -0.677. The Morgan fingerprint density at radius 1 is 1.56 bits per heavy atom. The maximum absolute atomic E-state index is 10.3. The van der Waals surface area contributed by atoms with Gasteiger partial charge in [0.05, 0.1) is 0 Å². The van der Waals surface area contributed by atoms with E-state index in [-0.39, 0.29) is 0 Å². The second kappa shape index (κ2) is 3.97. The lowest BCUT2D eigenvalue weighted by atomic mass is 11.1. The van der Waals surface area contributed by atoms with Crippen molar-refractivity contribution < 1.29 is 13.7 Å². The van der Waals surface area contributed by atoms with Gasteiger partial charge in [0.25, 0.3) is 0 Å². The Balaban J connectivity index is 2.37. The van der Waals surface area contributed by atoms with Crippen molar-refractivity contribution in [3.05, 3.63) is 11.7 Å². The number of ether oxygens (including phenoxy) is 1. The molecule has 0 aromatic rings. The van der Waals surface area contributed by atoms with Crippen molar-refractivity contribution in [1.29, 1.82) is 0 Å². The second-order valence-corrected chi connectivity index (χ2v) is 4.48. The van der Waals surface area contributed by atoms with Crippen LogP contribution in [0.2, 0.25) is 0 Å². The molecule has 0 saturated carbocycles. The van der Waals surface area contributed by atoms with E-state index in [0.29, 0.717) is 0 Å². The monoisotopic (exact) mass is 182 g/mol. The number of carbonyl (C=O) groups is 1. The highest BCUT2D eigenvalue weighted by molar-refractivity contribution is 9.09. The fourth-order valence-corrected chi connectivity index (χ4v) is 2.07. The van der Waals surface area contributed by atoms with Crippen LogP contribution in [0.3, 0.4) is 0 Å². The smallest absolute Gasteiger partial charge is 0.402 e. The average molecular weight is 182 g/mol. The van der Waals surface area contributed by atoms with Gasteiger partial charge in [-0.05, 0) is 10.8 Å². The molecule has 6 heteroatoms. The van der Waals surface area contributed by atoms with Gasteiger partial charge in [-0.25, -0.2) is 4.79 Å². The maximum atomic E-state index is 10.3. The molecule has 50 valence electrons. The van der Waals surface area contributed by atoms with Gasteiger partial charge >= 0.3 is 6.16 Å². The van der Waals surface area contributed by atoms with E-state index < -0.39 is 6.16 Å². The van der Waals surface area contributed by atoms with E-state index in [9.17, 15) is 4.79 Å². The first-order valence-corrected chi connectivity index (χ1v) is 5.39. The Hall–Kier alpha value is 0.0600. The number of hydrogen-bond acceptors (Lipinski definition) is 6. The van der Waals surface area contributed by atoms with E-state index in [1.165, 1.54) is 26.9 Å². The van der Waals surface area contributed by atoms with Crippen LogP contribution in [-0.4, -0.2) is 6.16 Å². The zero-order valence-electron chi connectivity index (χ0n) is 4.10. The third-order valence-corrected chi connectivity index (χ3v) is 3.15. The van der Waals surface area contributed by atoms with Crippen LogP contribution in [0, 0.1) is 0 Å². The summed E-state index contributed by atoms with van der Waals surface area (Å²) < 4.78 is 8.82. The summed E-state index contributed by atoms with van der Waals surface area (Å²) in [6.07, 6.45) is 0.615. The van der Waals surface area contributed by atoms with Gasteiger partial charge in [-0.3, -0.25) is 0 Å². The Bertz CT molecular complexity index is 134. The summed E-state index contributed by atoms with van der Waals surface area (Å²) in [7, 11) is 2.78. The molecule has 0 N–H and O–H groups in total. The quantitative estimate of drug-likeness (QED) is 0.325. The molecule has 0 aromatic carbocycles. The zero-order valence-corrected chi connectivity index (χ0v) is 6.55. The predicted octanol–water partition coefficient (Wildman–Crippen LogP) is 2.57. The van der Waals surface area contributed by atoms with Gasteiger partial charge in [0.15, 0.2) is 0 Å². The summed E-state index contributed by atoms with van der Waals surface area (Å²) in [6.45, 7) is 0. The van der Waals surface area contributed by atoms with Crippen LogP contribution in [0.4, 0.5) is 4.79 Å². The van der Waals surface area contributed by atoms with Crippen molar-refractivity contribution in [3.8, 4) is 0 Å². The van der Waals surface area contributed by atoms with Crippen molar-refractivity contribution in [3.63, 3.8) is 0 Å². The van der Waals surface area contributed by atoms with Crippen LogP contribution >= 0.6 is 31.7 Å². The lowest BCUT2D eigenvalue weighted by Gasteiger charge is -2.00. The first kappa shape index (κ1) is 7.17. The van der Waals surface area contributed by atoms with Gasteiger partial charge in [0.2, 0.25) is 0 Å². The van der Waals surface area contributed by atoms with E-state index in [2.05, 4.69) is 8.92 Å². The zero-order chi connectivity index (χ0) is 6.53. The molecule has 0 spiro atoms. The molecule has 0 aliphatic carbocycles. The molecule has 0 atom stereocenters. The van der Waals surface area contributed by atoms with Crippen LogP contribution in [-0.2, 0) is 8.92 Å². The van der Waals surface area contributed by atoms with E-state index in [1.807, 2.05) is 0 Å². The standard InChI is InChI=1S/C3H2O3S3/c4-3-5-1-2-7-9-8-6-3/h1-2H/b2-1-. The van der Waals surface area contributed by atoms with E-state index in [1.54, 1.807) is 5.41 Å². The summed E-state index contributed by atoms with van der Waals surface area (Å²) in [4.78, 5) is 10.3. The van der Waals surface area contributed by atoms with Gasteiger partial charge in [-0.15, -0.1) is 0 Å². The molecule has 0 aromatic heterocycles. The Morgan fingerprint density at radius 2 is 2.44 bits per heavy atom. The van der Waals surface area contributed by atoms with Gasteiger partial charge in [0.1, 0.15) is 17.3 Å². The molecule has 0 unspecified atom stereocenters. The highest BCUT2D eigenvalue weighted by atomic mass is 33.5. The second-order valence-electron chi connectivity index (χ2n) is 0.956. The largest absolute Gasteiger partial charge is 0.526 e. The minimum absolute atomic E-state index is 0.677. The van der Waals surface area contributed by atoms with Crippen LogP contribution < -0.4 is 0 Å². The molecule has 0 fully saturated rings. The molecule has 0 amide bonds. The molecule has 3 nitrogen and oxygen atoms in total. The Labute approximate surface area is 63.5 Å². The van der Waals surface area contributed by atoms with Crippen LogP contribution in [0.25, 0.3) is 0 Å². The Kier molecular flexibility index (Phi) is 3.16. The molecule has 1 rings (SSSR count). The molecule has 0 radical (unpaired) electrons. The molecule has 9 heavy (non-hydrogen) atoms. The van der Waals surface area contributed by atoms with E-state index in [4.69, 9.17) is 0 Å². The summed E-state index contributed by atoms with van der Waals surface area (Å²) in [5.74, 6) is 0. The minimum Gasteiger partial charge on any atom is -0.402 e. The molecule has 1 aliphatic heterocycles. The average Bonchev–Trinajstić information content (AvgIpc) is 1.79. The lowest BCUT2D eigenvalue weighted by molar-refractivity contribution is 0.145. The van der Waals surface area contributed by atoms with E-state index in [0.717, 1.165) is 11.1 Å². The molecular weight excluding hydrogens is 180 g/mol. The van der Waals surface area contributed by atoms with Crippen molar-refractivity contribution in [2.24, 2.45) is 0 Å². The van der Waals surface area contributed by atoms with Crippen molar-refractivity contribution in [2.45, 2.75) is 0 Å². The summed E-state index contributed by atoms with van der Waals surface area (Å²) >= 11 is 0.991. The fourth-order valence-electron chi connectivity index (χ4n) is 0.206. The van der Waals surface area contributed by atoms with Crippen molar-refractivity contribution in [2.75, 3.05) is 0 Å². The van der Waals surface area contributed by atoms with Crippen molar-refractivity contribution >= 4 is 37.8 Å². The fraction of sp³-hybridized carbons (Fsp3) is 0. The Morgan fingerprint density at radius 3 is 3.33 bits per heavy atom. The first-order chi connectivity index (χ1) is 4.39. The number of rotatable bonds is 0. The lowest BCUT2D eigenvalue weighted by Crippen LogP contribution is -1.96. The van der Waals surface area contributed by atoms with Gasteiger partial charge in [0, 0.05) is 15.2 Å². The molecule has 1 heterocycles. The first-order valence-electron chi connectivity index (χ1n) is 1.92. The summed E-state index contributed by atoms with van der Waals surface area (Å²) in [5.41, 5.74) is 0. The molecule has 0 bridgehead atoms. The summed E-state index contributed by atoms with van der Waals surface area (Å²) in [6, 6.07) is 0. The van der Waals surface area contributed by atoms with Crippen LogP contribution in [0.15, 0.2) is 11.7 Å². The van der Waals surface area contributed by atoms with E-state index >= 15 is 0 Å². The highest BCUT2D eigenvalue weighted by Gasteiger charge is 2.04. The third-order valence-electron chi connectivity index (χ3n) is 0.445. The van der Waals surface area contributed by atoms with Crippen LogP contribution in [0.1, 0.15) is 0 Å². The highest BCUT2D eigenvalue weighted by Crippen LogP contribution is 2.37. The van der Waals surface area contributed by atoms with Crippen molar-refractivity contribution in [1.82, 2.24) is 0 Å². The number of hydrogen-bond donors (Lipinski definition) is 0. The van der Waals surface area contributed by atoms with Gasteiger partial charge in [-0.2, -0.15) is 0 Å². The topological polar surface area (TPSA) is 35.5 Å².